The number of carboxylic acid groups (broad SMARTS) is 1. The Bertz CT molecular complexity index is 1130. The second kappa shape index (κ2) is 11.2. The number of aromatic nitrogens is 4. The number of aryl methyl sites for hydroxylation is 1. The van der Waals surface area contributed by atoms with Crippen molar-refractivity contribution in [1.82, 2.24) is 19.7 Å². The zero-order chi connectivity index (χ0) is 23.9. The standard InChI is InChI=1S/C27H32N4O3/c1-2-3-16-31-24(29-26(30-31)23(32)17-19-8-5-4-6-9-19)18-20-11-13-21(14-12-20)22-10-7-15-28-25(22)27(33)34/h7,10-15,19H,2-6,8-9,16-18H2,1H3,(H,33,34). The average Bonchev–Trinajstić information content (AvgIpc) is 3.26. The molecule has 1 aromatic carbocycles. The number of carbonyl (C=O) groups excluding carboxylic acids is 1. The van der Waals surface area contributed by atoms with Gasteiger partial charge in [0.1, 0.15) is 5.82 Å². The molecule has 0 unspecified atom stereocenters. The Balaban J connectivity index is 1.52. The van der Waals surface area contributed by atoms with E-state index in [-0.39, 0.29) is 11.5 Å². The fourth-order valence-corrected chi connectivity index (χ4v) is 4.65. The normalized spacial score (nSPS) is 14.3. The van der Waals surface area contributed by atoms with Crippen molar-refractivity contribution in [2.45, 2.75) is 71.3 Å². The lowest BCUT2D eigenvalue weighted by Crippen LogP contribution is -2.13. The maximum absolute atomic E-state index is 12.9. The van der Waals surface area contributed by atoms with Gasteiger partial charge in [-0.1, -0.05) is 75.8 Å². The largest absolute Gasteiger partial charge is 0.476 e. The minimum absolute atomic E-state index is 0.0377. The van der Waals surface area contributed by atoms with Gasteiger partial charge >= 0.3 is 5.97 Å². The fourth-order valence-electron chi connectivity index (χ4n) is 4.65. The van der Waals surface area contributed by atoms with Gasteiger partial charge in [0.25, 0.3) is 0 Å². The number of carboxylic acids is 1. The number of hydrogen-bond acceptors (Lipinski definition) is 5. The van der Waals surface area contributed by atoms with Crippen molar-refractivity contribution in [2.24, 2.45) is 5.92 Å². The lowest BCUT2D eigenvalue weighted by atomic mass is 9.86. The molecule has 0 spiro atoms. The van der Waals surface area contributed by atoms with Crippen LogP contribution in [0.3, 0.4) is 0 Å². The van der Waals surface area contributed by atoms with Gasteiger partial charge in [0.05, 0.1) is 0 Å². The summed E-state index contributed by atoms with van der Waals surface area (Å²) >= 11 is 0. The molecule has 178 valence electrons. The highest BCUT2D eigenvalue weighted by molar-refractivity contribution is 5.94. The van der Waals surface area contributed by atoms with Crippen LogP contribution in [0.4, 0.5) is 0 Å². The van der Waals surface area contributed by atoms with Crippen LogP contribution in [0.25, 0.3) is 11.1 Å². The highest BCUT2D eigenvalue weighted by Gasteiger charge is 2.22. The Hall–Kier alpha value is -3.35. The van der Waals surface area contributed by atoms with E-state index in [1.54, 1.807) is 12.1 Å². The van der Waals surface area contributed by atoms with Gasteiger partial charge < -0.3 is 5.11 Å². The molecule has 0 saturated heterocycles. The van der Waals surface area contributed by atoms with Crippen molar-refractivity contribution in [1.29, 1.82) is 0 Å². The summed E-state index contributed by atoms with van der Waals surface area (Å²) in [6, 6.07) is 11.2. The molecule has 0 radical (unpaired) electrons. The summed E-state index contributed by atoms with van der Waals surface area (Å²) in [6.45, 7) is 2.87. The molecule has 4 rings (SSSR count). The van der Waals surface area contributed by atoms with Gasteiger partial charge in [0.15, 0.2) is 5.69 Å². The molecule has 1 fully saturated rings. The van der Waals surface area contributed by atoms with Crippen molar-refractivity contribution >= 4 is 11.8 Å². The number of Topliss-reactive ketones (excluding diaryl/α,β-unsaturated/α-hetero) is 1. The number of pyridine rings is 1. The van der Waals surface area contributed by atoms with Gasteiger partial charge in [0.2, 0.25) is 11.6 Å². The lowest BCUT2D eigenvalue weighted by molar-refractivity contribution is 0.0691. The van der Waals surface area contributed by atoms with Crippen LogP contribution in [0.5, 0.6) is 0 Å². The van der Waals surface area contributed by atoms with Gasteiger partial charge in [-0.05, 0) is 29.5 Å². The maximum atomic E-state index is 12.9. The Morgan fingerprint density at radius 3 is 2.56 bits per heavy atom. The van der Waals surface area contributed by atoms with E-state index in [0.29, 0.717) is 30.1 Å². The molecule has 1 saturated carbocycles. The molecule has 0 atom stereocenters. The average molecular weight is 461 g/mol. The van der Waals surface area contributed by atoms with E-state index in [1.165, 1.54) is 25.5 Å². The zero-order valence-corrected chi connectivity index (χ0v) is 19.7. The van der Waals surface area contributed by atoms with E-state index in [1.807, 2.05) is 28.9 Å². The first-order valence-electron chi connectivity index (χ1n) is 12.3. The monoisotopic (exact) mass is 460 g/mol. The SMILES string of the molecule is CCCCn1nc(C(=O)CC2CCCCC2)nc1Cc1ccc(-c2cccnc2C(=O)O)cc1. The molecule has 0 amide bonds. The summed E-state index contributed by atoms with van der Waals surface area (Å²) < 4.78 is 1.88. The lowest BCUT2D eigenvalue weighted by Gasteiger charge is -2.19. The van der Waals surface area contributed by atoms with Crippen molar-refractivity contribution in [3.63, 3.8) is 0 Å². The number of nitrogens with zero attached hydrogens (tertiary/aromatic N) is 4. The molecule has 1 N–H and O–H groups in total. The van der Waals surface area contributed by atoms with E-state index in [4.69, 9.17) is 0 Å². The number of unbranched alkanes of at least 4 members (excludes halogenated alkanes) is 1. The minimum atomic E-state index is -1.05. The summed E-state index contributed by atoms with van der Waals surface area (Å²) in [6.07, 6.45) is 10.6. The first-order chi connectivity index (χ1) is 16.5. The van der Waals surface area contributed by atoms with E-state index < -0.39 is 5.97 Å². The summed E-state index contributed by atoms with van der Waals surface area (Å²) in [5, 5.41) is 14.0. The summed E-state index contributed by atoms with van der Waals surface area (Å²) in [5.41, 5.74) is 2.45. The van der Waals surface area contributed by atoms with Crippen molar-refractivity contribution in [3.8, 4) is 11.1 Å². The van der Waals surface area contributed by atoms with Crippen LogP contribution in [0, 0.1) is 5.92 Å². The third kappa shape index (κ3) is 5.76. The van der Waals surface area contributed by atoms with Crippen LogP contribution in [-0.2, 0) is 13.0 Å². The second-order valence-corrected chi connectivity index (χ2v) is 9.14. The first-order valence-corrected chi connectivity index (χ1v) is 12.3. The number of hydrogen-bond donors (Lipinski definition) is 1. The van der Waals surface area contributed by atoms with E-state index >= 15 is 0 Å². The minimum Gasteiger partial charge on any atom is -0.476 e. The smallest absolute Gasteiger partial charge is 0.355 e. The molecule has 3 aromatic rings. The summed E-state index contributed by atoms with van der Waals surface area (Å²) in [4.78, 5) is 33.1. The molecular weight excluding hydrogens is 428 g/mol. The van der Waals surface area contributed by atoms with Gasteiger partial charge in [0, 0.05) is 31.1 Å². The fraction of sp³-hybridized carbons (Fsp3) is 0.444. The predicted octanol–water partition coefficient (Wildman–Crippen LogP) is 5.58. The number of aromatic carboxylic acids is 1. The van der Waals surface area contributed by atoms with Crippen LogP contribution in [-0.4, -0.2) is 36.6 Å². The molecule has 1 aliphatic rings. The Morgan fingerprint density at radius 1 is 1.09 bits per heavy atom. The predicted molar refractivity (Wildman–Crippen MR) is 130 cm³/mol. The van der Waals surface area contributed by atoms with Crippen LogP contribution >= 0.6 is 0 Å². The highest BCUT2D eigenvalue weighted by atomic mass is 16.4. The van der Waals surface area contributed by atoms with E-state index in [0.717, 1.165) is 49.2 Å². The van der Waals surface area contributed by atoms with Crippen LogP contribution in [0.15, 0.2) is 42.6 Å². The number of rotatable bonds is 10. The molecule has 1 aliphatic carbocycles. The molecule has 7 heteroatoms. The van der Waals surface area contributed by atoms with Crippen LogP contribution < -0.4 is 0 Å². The Morgan fingerprint density at radius 2 is 1.85 bits per heavy atom. The number of ketones is 1. The third-order valence-corrected chi connectivity index (χ3v) is 6.56. The second-order valence-electron chi connectivity index (χ2n) is 9.14. The molecule has 7 nitrogen and oxygen atoms in total. The topological polar surface area (TPSA) is 98.0 Å². The summed E-state index contributed by atoms with van der Waals surface area (Å²) in [7, 11) is 0. The van der Waals surface area contributed by atoms with E-state index in [2.05, 4.69) is 22.0 Å². The Kier molecular flexibility index (Phi) is 7.83. The van der Waals surface area contributed by atoms with Crippen molar-refractivity contribution in [3.05, 3.63) is 65.5 Å². The molecule has 2 heterocycles. The van der Waals surface area contributed by atoms with Gasteiger partial charge in [-0.2, -0.15) is 0 Å². The zero-order valence-electron chi connectivity index (χ0n) is 19.7. The quantitative estimate of drug-likeness (QED) is 0.397. The number of carbonyl (C=O) groups is 2. The molecule has 0 aliphatic heterocycles. The Labute approximate surface area is 200 Å². The van der Waals surface area contributed by atoms with Crippen molar-refractivity contribution < 1.29 is 14.7 Å². The molecule has 0 bridgehead atoms. The van der Waals surface area contributed by atoms with E-state index in [9.17, 15) is 14.7 Å². The van der Waals surface area contributed by atoms with Gasteiger partial charge in [-0.25, -0.2) is 19.4 Å². The van der Waals surface area contributed by atoms with Gasteiger partial charge in [-0.15, -0.1) is 5.10 Å². The molecule has 34 heavy (non-hydrogen) atoms. The van der Waals surface area contributed by atoms with Crippen molar-refractivity contribution in [2.75, 3.05) is 0 Å². The summed E-state index contributed by atoms with van der Waals surface area (Å²) in [5.74, 6) is 0.601. The third-order valence-electron chi connectivity index (χ3n) is 6.56. The van der Waals surface area contributed by atoms with Crippen LogP contribution in [0.1, 0.15) is 90.8 Å². The highest BCUT2D eigenvalue weighted by Crippen LogP contribution is 2.27. The van der Waals surface area contributed by atoms with Crippen LogP contribution in [0.2, 0.25) is 0 Å². The maximum Gasteiger partial charge on any atom is 0.355 e. The first kappa shape index (κ1) is 23.8. The number of benzene rings is 1. The molecule has 2 aromatic heterocycles. The van der Waals surface area contributed by atoms with Gasteiger partial charge in [-0.3, -0.25) is 4.79 Å². The molecular formula is C27H32N4O3.